The normalized spacial score (nSPS) is 11.8. The third-order valence-corrected chi connectivity index (χ3v) is 4.18. The monoisotopic (exact) mass is 306 g/mol. The van der Waals surface area contributed by atoms with Gasteiger partial charge in [0.05, 0.1) is 6.54 Å². The molecular formula is C20H22N2O. The molecule has 3 heteroatoms. The molecule has 1 heterocycles. The van der Waals surface area contributed by atoms with Crippen molar-refractivity contribution in [3.63, 3.8) is 0 Å². The van der Waals surface area contributed by atoms with E-state index >= 15 is 0 Å². The number of rotatable bonds is 2. The van der Waals surface area contributed by atoms with Crippen LogP contribution in [-0.2, 0) is 12.0 Å². The molecule has 2 aromatic carbocycles. The van der Waals surface area contributed by atoms with E-state index in [1.165, 1.54) is 5.56 Å². The molecule has 3 rings (SSSR count). The molecule has 3 nitrogen and oxygen atoms in total. The van der Waals surface area contributed by atoms with E-state index in [1.807, 2.05) is 42.6 Å². The summed E-state index contributed by atoms with van der Waals surface area (Å²) >= 11 is 0. The number of aromatic nitrogens is 1. The molecule has 0 aliphatic carbocycles. The molecule has 3 aromatic rings. The van der Waals surface area contributed by atoms with Crippen LogP contribution in [0.2, 0.25) is 0 Å². The van der Waals surface area contributed by atoms with Crippen molar-refractivity contribution in [2.45, 2.75) is 32.7 Å². The minimum Gasteiger partial charge on any atom is -0.399 e. The van der Waals surface area contributed by atoms with Crippen LogP contribution >= 0.6 is 0 Å². The molecule has 1 aromatic heterocycles. The average molecular weight is 306 g/mol. The number of pyridine rings is 1. The second kappa shape index (κ2) is 5.58. The Balaban J connectivity index is 2.02. The lowest BCUT2D eigenvalue weighted by molar-refractivity contribution is 0.591. The minimum absolute atomic E-state index is 0.0415. The number of anilines is 1. The fourth-order valence-corrected chi connectivity index (χ4v) is 2.70. The number of hydrogen-bond donors (Lipinski definition) is 1. The van der Waals surface area contributed by atoms with Gasteiger partial charge in [0.15, 0.2) is 0 Å². The molecule has 23 heavy (non-hydrogen) atoms. The number of nitrogens with two attached hydrogens (primary N) is 1. The third-order valence-electron chi connectivity index (χ3n) is 4.18. The summed E-state index contributed by atoms with van der Waals surface area (Å²) in [7, 11) is 0. The van der Waals surface area contributed by atoms with Crippen LogP contribution in [0.4, 0.5) is 5.69 Å². The Labute approximate surface area is 136 Å². The van der Waals surface area contributed by atoms with Crippen molar-refractivity contribution in [1.29, 1.82) is 0 Å². The van der Waals surface area contributed by atoms with Gasteiger partial charge in [0.25, 0.3) is 5.56 Å². The molecule has 0 saturated heterocycles. The van der Waals surface area contributed by atoms with E-state index in [0.717, 1.165) is 22.0 Å². The number of fused-ring (bicyclic) bond motifs is 1. The first-order valence-electron chi connectivity index (χ1n) is 7.83. The SMILES string of the molecule is CC(C)(C)c1ccc2c(=O)n(Cc3ccc(N)cc3)ccc2c1. The highest BCUT2D eigenvalue weighted by molar-refractivity contribution is 5.82. The standard InChI is InChI=1S/C20H22N2O/c1-20(2,3)16-6-9-18-15(12-16)10-11-22(19(18)23)13-14-4-7-17(21)8-5-14/h4-12H,13,21H2,1-3H3. The van der Waals surface area contributed by atoms with Crippen LogP contribution in [0.1, 0.15) is 31.9 Å². The third kappa shape index (κ3) is 3.14. The Morgan fingerprint density at radius 2 is 1.70 bits per heavy atom. The molecule has 118 valence electrons. The molecule has 0 unspecified atom stereocenters. The second-order valence-electron chi connectivity index (χ2n) is 7.04. The van der Waals surface area contributed by atoms with Crippen LogP contribution in [0.25, 0.3) is 10.8 Å². The molecule has 0 aliphatic heterocycles. The largest absolute Gasteiger partial charge is 0.399 e. The average Bonchev–Trinajstić information content (AvgIpc) is 2.51. The van der Waals surface area contributed by atoms with Crippen LogP contribution < -0.4 is 11.3 Å². The van der Waals surface area contributed by atoms with Crippen molar-refractivity contribution < 1.29 is 0 Å². The molecule has 0 fully saturated rings. The summed E-state index contributed by atoms with van der Waals surface area (Å²) in [6.45, 7) is 7.08. The highest BCUT2D eigenvalue weighted by atomic mass is 16.1. The van der Waals surface area contributed by atoms with Crippen LogP contribution in [-0.4, -0.2) is 4.57 Å². The van der Waals surface area contributed by atoms with Gasteiger partial charge >= 0.3 is 0 Å². The van der Waals surface area contributed by atoms with E-state index in [2.05, 4.69) is 32.9 Å². The summed E-state index contributed by atoms with van der Waals surface area (Å²) in [5.74, 6) is 0. The Kier molecular flexibility index (Phi) is 3.72. The zero-order valence-electron chi connectivity index (χ0n) is 13.8. The van der Waals surface area contributed by atoms with Gasteiger partial charge in [-0.15, -0.1) is 0 Å². The lowest BCUT2D eigenvalue weighted by Gasteiger charge is -2.19. The van der Waals surface area contributed by atoms with Crippen molar-refractivity contribution in [3.05, 3.63) is 76.2 Å². The van der Waals surface area contributed by atoms with Crippen molar-refractivity contribution in [1.82, 2.24) is 4.57 Å². The minimum atomic E-state index is 0.0415. The molecule has 0 aliphatic rings. The summed E-state index contributed by atoms with van der Waals surface area (Å²) in [6, 6.07) is 15.7. The summed E-state index contributed by atoms with van der Waals surface area (Å²) < 4.78 is 1.74. The van der Waals surface area contributed by atoms with Crippen LogP contribution in [0, 0.1) is 0 Å². The maximum atomic E-state index is 12.7. The second-order valence-corrected chi connectivity index (χ2v) is 7.04. The quantitative estimate of drug-likeness (QED) is 0.729. The summed E-state index contributed by atoms with van der Waals surface area (Å²) in [5.41, 5.74) is 8.85. The Bertz CT molecular complexity index is 900. The van der Waals surface area contributed by atoms with Crippen LogP contribution in [0.3, 0.4) is 0 Å². The topological polar surface area (TPSA) is 48.0 Å². The summed E-state index contributed by atoms with van der Waals surface area (Å²) in [4.78, 5) is 12.7. The predicted molar refractivity (Wildman–Crippen MR) is 96.9 cm³/mol. The number of nitrogens with zero attached hydrogens (tertiary/aromatic N) is 1. The highest BCUT2D eigenvalue weighted by Gasteiger charge is 2.14. The van der Waals surface area contributed by atoms with Crippen molar-refractivity contribution >= 4 is 16.5 Å². The fraction of sp³-hybridized carbons (Fsp3) is 0.250. The molecule has 2 N–H and O–H groups in total. The maximum Gasteiger partial charge on any atom is 0.258 e. The van der Waals surface area contributed by atoms with E-state index < -0.39 is 0 Å². The molecular weight excluding hydrogens is 284 g/mol. The van der Waals surface area contributed by atoms with Crippen molar-refractivity contribution in [3.8, 4) is 0 Å². The van der Waals surface area contributed by atoms with Gasteiger partial charge in [-0.2, -0.15) is 0 Å². The smallest absolute Gasteiger partial charge is 0.258 e. The van der Waals surface area contributed by atoms with E-state index in [-0.39, 0.29) is 11.0 Å². The van der Waals surface area contributed by atoms with Crippen LogP contribution in [0.5, 0.6) is 0 Å². The molecule has 0 atom stereocenters. The molecule has 0 radical (unpaired) electrons. The van der Waals surface area contributed by atoms with E-state index in [9.17, 15) is 4.79 Å². The number of benzene rings is 2. The zero-order valence-corrected chi connectivity index (χ0v) is 13.8. The molecule has 0 bridgehead atoms. The van der Waals surface area contributed by atoms with E-state index in [0.29, 0.717) is 6.54 Å². The molecule has 0 saturated carbocycles. The van der Waals surface area contributed by atoms with Gasteiger partial charge in [0, 0.05) is 17.3 Å². The van der Waals surface area contributed by atoms with Gasteiger partial charge in [-0.1, -0.05) is 45.0 Å². The highest BCUT2D eigenvalue weighted by Crippen LogP contribution is 2.24. The predicted octanol–water partition coefficient (Wildman–Crippen LogP) is 3.93. The van der Waals surface area contributed by atoms with Gasteiger partial charge in [-0.05, 0) is 46.2 Å². The van der Waals surface area contributed by atoms with Crippen LogP contribution in [0.15, 0.2) is 59.5 Å². The van der Waals surface area contributed by atoms with E-state index in [1.54, 1.807) is 4.57 Å². The lowest BCUT2D eigenvalue weighted by Crippen LogP contribution is -2.20. The van der Waals surface area contributed by atoms with E-state index in [4.69, 9.17) is 5.73 Å². The number of nitrogen functional groups attached to an aromatic ring is 1. The first-order valence-corrected chi connectivity index (χ1v) is 7.83. The molecule has 0 amide bonds. The Hall–Kier alpha value is -2.55. The summed E-state index contributed by atoms with van der Waals surface area (Å²) in [5, 5.41) is 1.76. The molecule has 0 spiro atoms. The van der Waals surface area contributed by atoms with Crippen molar-refractivity contribution in [2.24, 2.45) is 0 Å². The summed E-state index contributed by atoms with van der Waals surface area (Å²) in [6.07, 6.45) is 1.87. The van der Waals surface area contributed by atoms with Crippen molar-refractivity contribution in [2.75, 3.05) is 5.73 Å². The maximum absolute atomic E-state index is 12.7. The number of hydrogen-bond acceptors (Lipinski definition) is 2. The first kappa shape index (κ1) is 15.3. The Morgan fingerprint density at radius 3 is 2.35 bits per heavy atom. The van der Waals surface area contributed by atoms with Gasteiger partial charge in [-0.3, -0.25) is 4.79 Å². The van der Waals surface area contributed by atoms with Gasteiger partial charge in [0.1, 0.15) is 0 Å². The van der Waals surface area contributed by atoms with Gasteiger partial charge in [-0.25, -0.2) is 0 Å². The Morgan fingerprint density at radius 1 is 1.00 bits per heavy atom. The van der Waals surface area contributed by atoms with Gasteiger partial charge in [0.2, 0.25) is 0 Å². The zero-order chi connectivity index (χ0) is 16.6. The fourth-order valence-electron chi connectivity index (χ4n) is 2.70. The van der Waals surface area contributed by atoms with Gasteiger partial charge < -0.3 is 10.3 Å². The lowest BCUT2D eigenvalue weighted by atomic mass is 9.86. The first-order chi connectivity index (χ1) is 10.8.